The van der Waals surface area contributed by atoms with Crippen molar-refractivity contribution in [2.75, 3.05) is 13.1 Å². The first kappa shape index (κ1) is 13.1. The second-order valence-corrected chi connectivity index (χ2v) is 5.35. The summed E-state index contributed by atoms with van der Waals surface area (Å²) in [5.74, 6) is -0.384. The van der Waals surface area contributed by atoms with Gasteiger partial charge in [-0.2, -0.15) is 0 Å². The number of carbonyl (C=O) groups is 3. The van der Waals surface area contributed by atoms with E-state index in [0.29, 0.717) is 38.8 Å². The van der Waals surface area contributed by atoms with Crippen molar-refractivity contribution in [2.24, 2.45) is 11.3 Å². The molecule has 1 spiro atoms. The Morgan fingerprint density at radius 2 is 1.94 bits per heavy atom. The number of rotatable bonds is 2. The van der Waals surface area contributed by atoms with E-state index in [1.807, 2.05) is 0 Å². The van der Waals surface area contributed by atoms with Crippen LogP contribution in [-0.2, 0) is 9.59 Å². The van der Waals surface area contributed by atoms with Crippen molar-refractivity contribution in [3.8, 4) is 0 Å². The number of carbonyl (C=O) groups excluding carboxylic acids is 2. The lowest BCUT2D eigenvalue weighted by atomic mass is 9.68. The third-order valence-electron chi connectivity index (χ3n) is 4.50. The Morgan fingerprint density at radius 1 is 1.33 bits per heavy atom. The van der Waals surface area contributed by atoms with Gasteiger partial charge in [0.2, 0.25) is 0 Å². The van der Waals surface area contributed by atoms with Crippen LogP contribution in [0.5, 0.6) is 0 Å². The van der Waals surface area contributed by atoms with Crippen LogP contribution in [-0.4, -0.2) is 40.8 Å². The highest BCUT2D eigenvalue weighted by Gasteiger charge is 2.52. The largest absolute Gasteiger partial charge is 0.465 e. The molecule has 2 aliphatic rings. The number of piperidine rings is 1. The third-order valence-corrected chi connectivity index (χ3v) is 4.50. The Hall–Kier alpha value is -1.39. The molecule has 1 aliphatic carbocycles. The fourth-order valence-electron chi connectivity index (χ4n) is 3.41. The van der Waals surface area contributed by atoms with E-state index < -0.39 is 12.0 Å². The van der Waals surface area contributed by atoms with Crippen molar-refractivity contribution in [1.82, 2.24) is 4.90 Å². The summed E-state index contributed by atoms with van der Waals surface area (Å²) >= 11 is 0. The molecule has 1 N–H and O–H groups in total. The predicted octanol–water partition coefficient (Wildman–Crippen LogP) is 1.70. The van der Waals surface area contributed by atoms with E-state index in [4.69, 9.17) is 5.11 Å². The number of likely N-dealkylation sites (tertiary alicyclic amines) is 1. The maximum atomic E-state index is 12.0. The minimum Gasteiger partial charge on any atom is -0.465 e. The molecule has 1 saturated carbocycles. The van der Waals surface area contributed by atoms with E-state index in [2.05, 4.69) is 0 Å². The Kier molecular flexibility index (Phi) is 3.41. The van der Waals surface area contributed by atoms with Gasteiger partial charge in [-0.25, -0.2) is 4.79 Å². The molecule has 1 atom stereocenters. The summed E-state index contributed by atoms with van der Waals surface area (Å²) in [6.45, 7) is 2.67. The molecule has 1 saturated heterocycles. The van der Waals surface area contributed by atoms with Gasteiger partial charge in [0.25, 0.3) is 0 Å². The summed E-state index contributed by atoms with van der Waals surface area (Å²) in [5, 5.41) is 8.93. The topological polar surface area (TPSA) is 74.7 Å². The zero-order valence-corrected chi connectivity index (χ0v) is 10.6. The van der Waals surface area contributed by atoms with Crippen LogP contribution in [0.4, 0.5) is 4.79 Å². The predicted molar refractivity (Wildman–Crippen MR) is 64.3 cm³/mol. The van der Waals surface area contributed by atoms with Crippen LogP contribution in [0.2, 0.25) is 0 Å². The molecule has 5 heteroatoms. The zero-order chi connectivity index (χ0) is 13.3. The second kappa shape index (κ2) is 4.71. The van der Waals surface area contributed by atoms with Gasteiger partial charge in [-0.15, -0.1) is 0 Å². The Balaban J connectivity index is 2.14. The van der Waals surface area contributed by atoms with Gasteiger partial charge in [0.1, 0.15) is 11.6 Å². The highest BCUT2D eigenvalue weighted by Crippen LogP contribution is 2.49. The molecule has 5 nitrogen and oxygen atoms in total. The lowest BCUT2D eigenvalue weighted by Gasteiger charge is -2.41. The Bertz CT molecular complexity index is 382. The van der Waals surface area contributed by atoms with Crippen molar-refractivity contribution >= 4 is 17.7 Å². The first-order valence-electron chi connectivity index (χ1n) is 6.53. The van der Waals surface area contributed by atoms with Gasteiger partial charge < -0.3 is 10.0 Å². The van der Waals surface area contributed by atoms with Crippen molar-refractivity contribution in [2.45, 2.75) is 39.0 Å². The second-order valence-electron chi connectivity index (χ2n) is 5.35. The number of carboxylic acid groups (broad SMARTS) is 1. The number of Topliss-reactive ketones (excluding diaryl/α,β-unsaturated/α-hetero) is 2. The molecule has 0 bridgehead atoms. The average molecular weight is 253 g/mol. The molecular weight excluding hydrogens is 234 g/mol. The van der Waals surface area contributed by atoms with E-state index in [1.165, 1.54) is 4.90 Å². The first-order chi connectivity index (χ1) is 8.50. The number of nitrogens with zero attached hydrogens (tertiary/aromatic N) is 1. The lowest BCUT2D eigenvalue weighted by Crippen LogP contribution is -2.46. The molecular formula is C13H19NO4. The molecule has 0 aromatic carbocycles. The van der Waals surface area contributed by atoms with Crippen LogP contribution in [0.3, 0.4) is 0 Å². The molecule has 1 heterocycles. The third kappa shape index (κ3) is 2.02. The highest BCUT2D eigenvalue weighted by atomic mass is 16.4. The summed E-state index contributed by atoms with van der Waals surface area (Å²) in [4.78, 5) is 36.1. The molecule has 0 aromatic rings. The standard InChI is InChI=1S/C13H19NO4/c1-2-9(15)11-10(16)3-4-13(11)5-7-14(8-6-13)12(17)18/h11H,2-8H2,1H3,(H,17,18). The van der Waals surface area contributed by atoms with Gasteiger partial charge in [-0.3, -0.25) is 9.59 Å². The minimum atomic E-state index is -0.910. The van der Waals surface area contributed by atoms with E-state index in [1.54, 1.807) is 6.92 Å². The van der Waals surface area contributed by atoms with Crippen molar-refractivity contribution < 1.29 is 19.5 Å². The van der Waals surface area contributed by atoms with E-state index in [9.17, 15) is 14.4 Å². The van der Waals surface area contributed by atoms with Crippen molar-refractivity contribution in [3.05, 3.63) is 0 Å². The summed E-state index contributed by atoms with van der Waals surface area (Å²) < 4.78 is 0. The number of amides is 1. The van der Waals surface area contributed by atoms with Crippen LogP contribution in [0.25, 0.3) is 0 Å². The smallest absolute Gasteiger partial charge is 0.407 e. The molecule has 18 heavy (non-hydrogen) atoms. The van der Waals surface area contributed by atoms with Gasteiger partial charge in [-0.05, 0) is 24.7 Å². The maximum Gasteiger partial charge on any atom is 0.407 e. The Morgan fingerprint density at radius 3 is 2.44 bits per heavy atom. The molecule has 0 aromatic heterocycles. The van der Waals surface area contributed by atoms with E-state index >= 15 is 0 Å². The molecule has 1 amide bonds. The molecule has 2 fully saturated rings. The fraction of sp³-hybridized carbons (Fsp3) is 0.769. The quantitative estimate of drug-likeness (QED) is 0.760. The number of hydrogen-bond acceptors (Lipinski definition) is 3. The summed E-state index contributed by atoms with van der Waals surface area (Å²) in [7, 11) is 0. The van der Waals surface area contributed by atoms with Gasteiger partial charge >= 0.3 is 6.09 Å². The van der Waals surface area contributed by atoms with Gasteiger partial charge in [-0.1, -0.05) is 6.92 Å². The molecule has 1 aliphatic heterocycles. The SMILES string of the molecule is CCC(=O)C1C(=O)CCC12CCN(C(=O)O)CC2. The first-order valence-corrected chi connectivity index (χ1v) is 6.53. The van der Waals surface area contributed by atoms with Crippen molar-refractivity contribution in [3.63, 3.8) is 0 Å². The Labute approximate surface area is 106 Å². The van der Waals surface area contributed by atoms with Crippen LogP contribution >= 0.6 is 0 Å². The summed E-state index contributed by atoms with van der Waals surface area (Å²) in [5.41, 5.74) is -0.254. The molecule has 2 rings (SSSR count). The van der Waals surface area contributed by atoms with Gasteiger partial charge in [0.05, 0.1) is 5.92 Å². The van der Waals surface area contributed by atoms with E-state index in [0.717, 1.165) is 6.42 Å². The normalized spacial score (nSPS) is 26.6. The maximum absolute atomic E-state index is 12.0. The number of hydrogen-bond donors (Lipinski definition) is 1. The monoisotopic (exact) mass is 253 g/mol. The van der Waals surface area contributed by atoms with Gasteiger partial charge in [0.15, 0.2) is 0 Å². The molecule has 1 unspecified atom stereocenters. The molecule has 100 valence electrons. The minimum absolute atomic E-state index is 0.0290. The molecule has 0 radical (unpaired) electrons. The fourth-order valence-corrected chi connectivity index (χ4v) is 3.41. The summed E-state index contributed by atoms with van der Waals surface area (Å²) in [6.07, 6.45) is 1.98. The van der Waals surface area contributed by atoms with Crippen LogP contribution in [0.15, 0.2) is 0 Å². The van der Waals surface area contributed by atoms with Crippen LogP contribution in [0, 0.1) is 11.3 Å². The lowest BCUT2D eigenvalue weighted by molar-refractivity contribution is -0.135. The average Bonchev–Trinajstić information content (AvgIpc) is 2.66. The van der Waals surface area contributed by atoms with Crippen molar-refractivity contribution in [1.29, 1.82) is 0 Å². The van der Waals surface area contributed by atoms with Crippen LogP contribution < -0.4 is 0 Å². The van der Waals surface area contributed by atoms with Gasteiger partial charge in [0, 0.05) is 25.9 Å². The highest BCUT2D eigenvalue weighted by molar-refractivity contribution is 6.04. The number of ketones is 2. The van der Waals surface area contributed by atoms with Crippen LogP contribution in [0.1, 0.15) is 39.0 Å². The zero-order valence-electron chi connectivity index (χ0n) is 10.6. The van der Waals surface area contributed by atoms with E-state index in [-0.39, 0.29) is 17.0 Å². The summed E-state index contributed by atoms with van der Waals surface area (Å²) in [6, 6.07) is 0.